The second-order valence-electron chi connectivity index (χ2n) is 10.3. The molecule has 2 aromatic carbocycles. The van der Waals surface area contributed by atoms with Gasteiger partial charge in [0.05, 0.1) is 17.0 Å². The Kier molecular flexibility index (Phi) is 10.2. The smallest absolute Gasteiger partial charge is 0.408 e. The van der Waals surface area contributed by atoms with E-state index in [0.717, 1.165) is 5.56 Å². The summed E-state index contributed by atoms with van der Waals surface area (Å²) in [5, 5.41) is 24.3. The van der Waals surface area contributed by atoms with Crippen LogP contribution >= 0.6 is 0 Å². The highest BCUT2D eigenvalue weighted by Crippen LogP contribution is 2.25. The van der Waals surface area contributed by atoms with Crippen LogP contribution in [0.1, 0.15) is 45.7 Å². The van der Waals surface area contributed by atoms with Gasteiger partial charge in [-0.15, -0.1) is 0 Å². The number of carboxylic acid groups (broad SMARTS) is 1. The maximum absolute atomic E-state index is 13.6. The van der Waals surface area contributed by atoms with Gasteiger partial charge in [0.1, 0.15) is 6.54 Å². The first-order chi connectivity index (χ1) is 16.8. The number of nitroso groups, excluding NO2 is 1. The van der Waals surface area contributed by atoms with Crippen molar-refractivity contribution in [1.29, 1.82) is 0 Å². The highest BCUT2D eigenvalue weighted by molar-refractivity contribution is 7.89. The number of aliphatic hydroxyl groups excluding tert-OH is 1. The Morgan fingerprint density at radius 1 is 0.972 bits per heavy atom. The van der Waals surface area contributed by atoms with E-state index in [4.69, 9.17) is 0 Å². The van der Waals surface area contributed by atoms with Crippen LogP contribution in [0, 0.1) is 10.8 Å². The quantitative estimate of drug-likeness (QED) is 0.401. The van der Waals surface area contributed by atoms with Crippen LogP contribution in [0.2, 0.25) is 0 Å². The van der Waals surface area contributed by atoms with Crippen LogP contribution in [0.25, 0.3) is 0 Å². The van der Waals surface area contributed by atoms with Crippen LogP contribution in [-0.2, 0) is 23.0 Å². The molecule has 0 aliphatic carbocycles. The predicted molar refractivity (Wildman–Crippen MR) is 139 cm³/mol. The summed E-state index contributed by atoms with van der Waals surface area (Å²) >= 11 is 0. The van der Waals surface area contributed by atoms with E-state index in [0.29, 0.717) is 5.56 Å². The summed E-state index contributed by atoms with van der Waals surface area (Å²) in [6.45, 7) is 8.75. The van der Waals surface area contributed by atoms with Gasteiger partial charge in [0.2, 0.25) is 10.0 Å². The van der Waals surface area contributed by atoms with Crippen molar-refractivity contribution in [2.24, 2.45) is 11.1 Å². The lowest BCUT2D eigenvalue weighted by molar-refractivity contribution is 0.000540. The van der Waals surface area contributed by atoms with Gasteiger partial charge in [-0.05, 0) is 56.4 Å². The van der Waals surface area contributed by atoms with Crippen LogP contribution in [0.15, 0.2) is 64.7 Å². The summed E-state index contributed by atoms with van der Waals surface area (Å²) in [6, 6.07) is 14.2. The molecule has 0 saturated heterocycles. The van der Waals surface area contributed by atoms with Crippen LogP contribution in [0.5, 0.6) is 0 Å². The summed E-state index contributed by atoms with van der Waals surface area (Å²) < 4.78 is 28.3. The molecule has 0 heterocycles. The lowest BCUT2D eigenvalue weighted by atomic mass is 9.94. The first kappa shape index (κ1) is 29.4. The highest BCUT2D eigenvalue weighted by Gasteiger charge is 2.39. The molecule has 36 heavy (non-hydrogen) atoms. The highest BCUT2D eigenvalue weighted by atomic mass is 32.2. The number of amides is 1. The number of hydrogen-bond donors (Lipinski definition) is 2. The zero-order chi connectivity index (χ0) is 27.1. The number of hydrogen-bond acceptors (Lipinski definition) is 6. The lowest BCUT2D eigenvalue weighted by Gasteiger charge is -2.42. The summed E-state index contributed by atoms with van der Waals surface area (Å²) in [5.41, 5.74) is 0.579. The van der Waals surface area contributed by atoms with E-state index in [-0.39, 0.29) is 36.9 Å². The molecule has 0 saturated carbocycles. The Morgan fingerprint density at radius 2 is 1.56 bits per heavy atom. The monoisotopic (exact) mass is 519 g/mol. The summed E-state index contributed by atoms with van der Waals surface area (Å²) in [7, 11) is -4.01. The van der Waals surface area contributed by atoms with Crippen LogP contribution in [-0.4, -0.2) is 64.7 Å². The molecule has 2 aromatic rings. The van der Waals surface area contributed by atoms with Gasteiger partial charge >= 0.3 is 6.09 Å². The molecule has 10 heteroatoms. The van der Waals surface area contributed by atoms with Crippen molar-refractivity contribution in [3.63, 3.8) is 0 Å². The van der Waals surface area contributed by atoms with Crippen molar-refractivity contribution in [3.8, 4) is 0 Å². The fourth-order valence-electron chi connectivity index (χ4n) is 4.18. The maximum atomic E-state index is 13.6. The van der Waals surface area contributed by atoms with E-state index >= 15 is 0 Å². The summed E-state index contributed by atoms with van der Waals surface area (Å²) in [4.78, 5) is 24.1. The largest absolute Gasteiger partial charge is 0.465 e. The minimum atomic E-state index is -4.01. The average molecular weight is 520 g/mol. The molecule has 0 bridgehead atoms. The molecule has 0 unspecified atom stereocenters. The van der Waals surface area contributed by atoms with Crippen molar-refractivity contribution >= 4 is 16.1 Å². The molecule has 0 aliphatic rings. The topological polar surface area (TPSA) is 128 Å². The third kappa shape index (κ3) is 7.84. The minimum absolute atomic E-state index is 0.0236. The second kappa shape index (κ2) is 12.4. The van der Waals surface area contributed by atoms with Gasteiger partial charge in [0, 0.05) is 18.6 Å². The fourth-order valence-corrected chi connectivity index (χ4v) is 5.80. The lowest BCUT2D eigenvalue weighted by Crippen LogP contribution is -2.58. The molecule has 0 radical (unpaired) electrons. The molecular weight excluding hydrogens is 482 g/mol. The van der Waals surface area contributed by atoms with Gasteiger partial charge in [-0.25, -0.2) is 13.2 Å². The van der Waals surface area contributed by atoms with E-state index in [1.165, 1.54) is 33.5 Å². The molecular formula is C26H37N3O6S. The molecule has 0 aromatic heterocycles. The molecule has 0 spiro atoms. The van der Waals surface area contributed by atoms with E-state index in [2.05, 4.69) is 5.18 Å². The normalized spacial score (nSPS) is 14.0. The second-order valence-corrected chi connectivity index (χ2v) is 12.2. The Hall–Kier alpha value is -2.82. The fraction of sp³-hybridized carbons (Fsp3) is 0.500. The number of rotatable bonds is 12. The average Bonchev–Trinajstić information content (AvgIpc) is 2.78. The number of sulfonamides is 1. The van der Waals surface area contributed by atoms with Gasteiger partial charge in [0.25, 0.3) is 0 Å². The Labute approximate surface area is 213 Å². The number of carbonyl (C=O) groups is 1. The molecule has 2 N–H and O–H groups in total. The van der Waals surface area contributed by atoms with Crippen molar-refractivity contribution in [3.05, 3.63) is 70.6 Å². The standard InChI is InChI=1S/C26H37N3O6S/c1-19(2)17-28(36(34,35)22-13-11-21(12-14-22)16-27-33)18-24(30)23(15-20-9-7-6-8-10-20)29(25(31)32)26(3,4)5/h6-14,19,23-24,30H,15-18H2,1-5H3,(H,31,32)/t23-,24+/m0/s1. The predicted octanol–water partition coefficient (Wildman–Crippen LogP) is 4.35. The first-order valence-electron chi connectivity index (χ1n) is 11.9. The summed E-state index contributed by atoms with van der Waals surface area (Å²) in [5.74, 6) is -0.0451. The first-order valence-corrected chi connectivity index (χ1v) is 13.3. The number of benzene rings is 2. The van der Waals surface area contributed by atoms with Gasteiger partial charge in [0.15, 0.2) is 0 Å². The Bertz CT molecular complexity index is 1100. The molecule has 0 aliphatic heterocycles. The van der Waals surface area contributed by atoms with E-state index < -0.39 is 33.8 Å². The van der Waals surface area contributed by atoms with Gasteiger partial charge in [-0.2, -0.15) is 9.21 Å². The third-order valence-corrected chi connectivity index (χ3v) is 7.61. The maximum Gasteiger partial charge on any atom is 0.408 e. The Balaban J connectivity index is 2.45. The van der Waals surface area contributed by atoms with E-state index in [1.807, 2.05) is 44.2 Å². The summed E-state index contributed by atoms with van der Waals surface area (Å²) in [6.07, 6.45) is -2.28. The number of nitrogens with zero attached hydrogens (tertiary/aromatic N) is 3. The zero-order valence-electron chi connectivity index (χ0n) is 21.5. The molecule has 198 valence electrons. The molecule has 9 nitrogen and oxygen atoms in total. The zero-order valence-corrected chi connectivity index (χ0v) is 22.4. The van der Waals surface area contributed by atoms with Gasteiger partial charge in [-0.1, -0.05) is 61.5 Å². The Morgan fingerprint density at radius 3 is 2.03 bits per heavy atom. The van der Waals surface area contributed by atoms with E-state index in [9.17, 15) is 28.3 Å². The molecule has 0 fully saturated rings. The van der Waals surface area contributed by atoms with Crippen LogP contribution < -0.4 is 0 Å². The van der Waals surface area contributed by atoms with Crippen LogP contribution in [0.3, 0.4) is 0 Å². The number of aliphatic hydroxyl groups is 1. The van der Waals surface area contributed by atoms with E-state index in [1.54, 1.807) is 20.8 Å². The van der Waals surface area contributed by atoms with Crippen molar-refractivity contribution in [1.82, 2.24) is 9.21 Å². The molecule has 2 rings (SSSR count). The molecule has 1 amide bonds. The molecule has 2 atom stereocenters. The van der Waals surface area contributed by atoms with Crippen molar-refractivity contribution < 1.29 is 23.4 Å². The minimum Gasteiger partial charge on any atom is -0.465 e. The van der Waals surface area contributed by atoms with Crippen molar-refractivity contribution in [2.75, 3.05) is 13.1 Å². The van der Waals surface area contributed by atoms with Crippen molar-refractivity contribution in [2.45, 2.75) is 70.2 Å². The SMILES string of the molecule is CC(C)CN(C[C@@H](O)[C@H](Cc1ccccc1)N(C(=O)O)C(C)(C)C)S(=O)(=O)c1ccc(CN=O)cc1. The van der Waals surface area contributed by atoms with Crippen LogP contribution in [0.4, 0.5) is 4.79 Å². The van der Waals surface area contributed by atoms with Gasteiger partial charge in [-0.3, -0.25) is 4.90 Å². The third-order valence-electron chi connectivity index (χ3n) is 5.76. The van der Waals surface area contributed by atoms with Gasteiger partial charge < -0.3 is 10.2 Å².